The first-order valence-corrected chi connectivity index (χ1v) is 4.94. The second kappa shape index (κ2) is 5.30. The van der Waals surface area contributed by atoms with Gasteiger partial charge in [0.05, 0.1) is 11.7 Å². The van der Waals surface area contributed by atoms with Gasteiger partial charge in [0.1, 0.15) is 6.33 Å². The van der Waals surface area contributed by atoms with Gasteiger partial charge in [0.2, 0.25) is 0 Å². The quantitative estimate of drug-likeness (QED) is 0.767. The van der Waals surface area contributed by atoms with Crippen molar-refractivity contribution in [3.8, 4) is 12.3 Å². The molecule has 0 aliphatic carbocycles. The first kappa shape index (κ1) is 11.4. The van der Waals surface area contributed by atoms with Gasteiger partial charge >= 0.3 is 0 Å². The van der Waals surface area contributed by atoms with Crippen LogP contribution in [0.5, 0.6) is 0 Å². The van der Waals surface area contributed by atoms with Crippen LogP contribution in [0.15, 0.2) is 6.33 Å². The van der Waals surface area contributed by atoms with Crippen molar-refractivity contribution in [2.75, 3.05) is 5.32 Å². The average Bonchev–Trinajstić information content (AvgIpc) is 2.28. The number of nitrogens with zero attached hydrogens (tertiary/aromatic N) is 2. The Labute approximate surface area is 89.1 Å². The summed E-state index contributed by atoms with van der Waals surface area (Å²) >= 11 is 0. The lowest BCUT2D eigenvalue weighted by atomic mass is 10.2. The number of anilines is 1. The van der Waals surface area contributed by atoms with Crippen LogP contribution in [-0.2, 0) is 6.42 Å². The molecule has 0 aliphatic rings. The Kier molecular flexibility index (Phi) is 4.04. The van der Waals surface area contributed by atoms with Gasteiger partial charge in [-0.15, -0.1) is 6.42 Å². The predicted molar refractivity (Wildman–Crippen MR) is 57.9 cm³/mol. The Bertz CT molecular complexity index is 371. The zero-order valence-electron chi connectivity index (χ0n) is 8.92. The maximum absolute atomic E-state index is 13.6. The van der Waals surface area contributed by atoms with Gasteiger partial charge in [-0.05, 0) is 12.8 Å². The van der Waals surface area contributed by atoms with E-state index in [2.05, 4.69) is 21.2 Å². The van der Waals surface area contributed by atoms with E-state index in [0.29, 0.717) is 12.1 Å². The van der Waals surface area contributed by atoms with Gasteiger partial charge in [-0.25, -0.2) is 14.4 Å². The maximum atomic E-state index is 13.6. The second-order valence-electron chi connectivity index (χ2n) is 3.11. The van der Waals surface area contributed by atoms with Crippen LogP contribution in [0.4, 0.5) is 10.2 Å². The van der Waals surface area contributed by atoms with E-state index in [1.807, 2.05) is 13.8 Å². The fourth-order valence-electron chi connectivity index (χ4n) is 1.18. The summed E-state index contributed by atoms with van der Waals surface area (Å²) in [4.78, 5) is 7.67. The third kappa shape index (κ3) is 2.66. The topological polar surface area (TPSA) is 37.8 Å². The molecule has 0 amide bonds. The van der Waals surface area contributed by atoms with Crippen molar-refractivity contribution in [3.63, 3.8) is 0 Å². The lowest BCUT2D eigenvalue weighted by molar-refractivity contribution is 0.594. The lowest BCUT2D eigenvalue weighted by Crippen LogP contribution is -2.18. The van der Waals surface area contributed by atoms with Crippen molar-refractivity contribution in [2.24, 2.45) is 0 Å². The molecule has 0 fully saturated rings. The second-order valence-corrected chi connectivity index (χ2v) is 3.11. The van der Waals surface area contributed by atoms with E-state index in [9.17, 15) is 4.39 Å². The minimum atomic E-state index is -0.409. The average molecular weight is 207 g/mol. The molecule has 1 rings (SSSR count). The number of rotatable bonds is 4. The van der Waals surface area contributed by atoms with Crippen LogP contribution in [-0.4, -0.2) is 16.0 Å². The van der Waals surface area contributed by atoms with Crippen molar-refractivity contribution < 1.29 is 4.39 Å². The zero-order valence-corrected chi connectivity index (χ0v) is 8.92. The van der Waals surface area contributed by atoms with Crippen molar-refractivity contribution in [3.05, 3.63) is 17.8 Å². The number of terminal acetylenes is 1. The molecule has 0 saturated heterocycles. The predicted octanol–water partition coefficient (Wildman–Crippen LogP) is 2.00. The summed E-state index contributed by atoms with van der Waals surface area (Å²) in [5.41, 5.74) is 0.402. The molecule has 15 heavy (non-hydrogen) atoms. The first-order chi connectivity index (χ1) is 7.22. The number of aryl methyl sites for hydroxylation is 1. The molecule has 0 radical (unpaired) electrons. The number of hydrogen-bond acceptors (Lipinski definition) is 3. The largest absolute Gasteiger partial charge is 0.354 e. The highest BCUT2D eigenvalue weighted by Crippen LogP contribution is 2.14. The summed E-state index contributed by atoms with van der Waals surface area (Å²) in [5.74, 6) is 2.30. The molecule has 80 valence electrons. The highest BCUT2D eigenvalue weighted by Gasteiger charge is 2.11. The summed E-state index contributed by atoms with van der Waals surface area (Å²) in [5, 5.41) is 2.86. The van der Waals surface area contributed by atoms with E-state index in [-0.39, 0.29) is 11.9 Å². The molecule has 1 unspecified atom stereocenters. The van der Waals surface area contributed by atoms with Crippen molar-refractivity contribution in [1.29, 1.82) is 0 Å². The monoisotopic (exact) mass is 207 g/mol. The third-order valence-electron chi connectivity index (χ3n) is 2.12. The van der Waals surface area contributed by atoms with Crippen LogP contribution in [0, 0.1) is 18.2 Å². The van der Waals surface area contributed by atoms with Gasteiger partial charge in [0.15, 0.2) is 11.6 Å². The molecule has 1 aromatic heterocycles. The minimum absolute atomic E-state index is 0.187. The molecule has 0 saturated carbocycles. The SMILES string of the molecule is C#CC(CC)Nc1ncnc(CC)c1F. The van der Waals surface area contributed by atoms with Crippen LogP contribution in [0.25, 0.3) is 0 Å². The number of aromatic nitrogens is 2. The van der Waals surface area contributed by atoms with E-state index >= 15 is 0 Å². The molecule has 4 heteroatoms. The molecule has 3 nitrogen and oxygen atoms in total. The van der Waals surface area contributed by atoms with Gasteiger partial charge in [-0.2, -0.15) is 0 Å². The third-order valence-corrected chi connectivity index (χ3v) is 2.12. The van der Waals surface area contributed by atoms with E-state index in [1.165, 1.54) is 6.33 Å². The van der Waals surface area contributed by atoms with Crippen LogP contribution in [0.2, 0.25) is 0 Å². The highest BCUT2D eigenvalue weighted by molar-refractivity contribution is 5.40. The summed E-state index contributed by atoms with van der Waals surface area (Å²) in [7, 11) is 0. The Balaban J connectivity index is 2.91. The summed E-state index contributed by atoms with van der Waals surface area (Å²) in [6.45, 7) is 3.77. The standard InChI is InChI=1S/C11H14FN3/c1-4-8(5-2)15-11-10(12)9(6-3)13-7-14-11/h1,7-8H,5-6H2,2-3H3,(H,13,14,15). The van der Waals surface area contributed by atoms with Crippen molar-refractivity contribution in [2.45, 2.75) is 32.7 Å². The van der Waals surface area contributed by atoms with E-state index in [0.717, 1.165) is 6.42 Å². The molecular formula is C11H14FN3. The minimum Gasteiger partial charge on any atom is -0.354 e. The van der Waals surface area contributed by atoms with Gasteiger partial charge in [0, 0.05) is 0 Å². The summed E-state index contributed by atoms with van der Waals surface area (Å²) in [6, 6.07) is -0.195. The van der Waals surface area contributed by atoms with Crippen LogP contribution >= 0.6 is 0 Å². The van der Waals surface area contributed by atoms with Crippen LogP contribution < -0.4 is 5.32 Å². The van der Waals surface area contributed by atoms with Crippen molar-refractivity contribution in [1.82, 2.24) is 9.97 Å². The Morgan fingerprint density at radius 3 is 2.80 bits per heavy atom. The molecule has 1 aromatic rings. The highest BCUT2D eigenvalue weighted by atomic mass is 19.1. The van der Waals surface area contributed by atoms with E-state index in [4.69, 9.17) is 6.42 Å². The Morgan fingerprint density at radius 1 is 1.53 bits per heavy atom. The molecule has 0 aromatic carbocycles. The lowest BCUT2D eigenvalue weighted by Gasteiger charge is -2.12. The number of nitrogens with one attached hydrogen (secondary N) is 1. The van der Waals surface area contributed by atoms with E-state index in [1.54, 1.807) is 0 Å². The molecule has 1 atom stereocenters. The molecule has 1 N–H and O–H groups in total. The van der Waals surface area contributed by atoms with E-state index < -0.39 is 5.82 Å². The molecular weight excluding hydrogens is 193 g/mol. The Morgan fingerprint density at radius 2 is 2.27 bits per heavy atom. The van der Waals surface area contributed by atoms with Gasteiger partial charge in [0.25, 0.3) is 0 Å². The molecule has 0 bridgehead atoms. The summed E-state index contributed by atoms with van der Waals surface area (Å²) in [6.07, 6.45) is 7.88. The molecule has 0 aliphatic heterocycles. The van der Waals surface area contributed by atoms with Gasteiger partial charge in [-0.3, -0.25) is 0 Å². The first-order valence-electron chi connectivity index (χ1n) is 4.94. The fourth-order valence-corrected chi connectivity index (χ4v) is 1.18. The van der Waals surface area contributed by atoms with Crippen LogP contribution in [0.3, 0.4) is 0 Å². The Hall–Kier alpha value is -1.63. The normalized spacial score (nSPS) is 11.9. The fraction of sp³-hybridized carbons (Fsp3) is 0.455. The van der Waals surface area contributed by atoms with Crippen molar-refractivity contribution >= 4 is 5.82 Å². The molecule has 0 spiro atoms. The molecule has 1 heterocycles. The van der Waals surface area contributed by atoms with Crippen LogP contribution in [0.1, 0.15) is 26.0 Å². The number of hydrogen-bond donors (Lipinski definition) is 1. The zero-order chi connectivity index (χ0) is 11.3. The maximum Gasteiger partial charge on any atom is 0.186 e. The van der Waals surface area contributed by atoms with Gasteiger partial charge < -0.3 is 5.32 Å². The smallest absolute Gasteiger partial charge is 0.186 e. The number of halogens is 1. The summed E-state index contributed by atoms with van der Waals surface area (Å²) < 4.78 is 13.6. The van der Waals surface area contributed by atoms with Gasteiger partial charge in [-0.1, -0.05) is 19.8 Å².